The average molecular weight is 407 g/mol. The van der Waals surface area contributed by atoms with E-state index in [0.29, 0.717) is 5.92 Å². The number of allylic oxidation sites excluding steroid dienone is 5. The molecule has 0 aromatic heterocycles. The van der Waals surface area contributed by atoms with E-state index in [1.54, 1.807) is 0 Å². The van der Waals surface area contributed by atoms with Gasteiger partial charge in [0.25, 0.3) is 0 Å². The molecule has 0 aromatic rings. The van der Waals surface area contributed by atoms with Crippen molar-refractivity contribution in [3.8, 4) is 0 Å². The maximum absolute atomic E-state index is 6.28. The SMILES string of the molecule is C=C(C)C=C=CC(C)C=COC1=CCC2C3CCC4CC(C)CCC4C3CCC12C. The molecule has 0 aromatic carbocycles. The van der Waals surface area contributed by atoms with Crippen LogP contribution in [0.15, 0.2) is 54.2 Å². The van der Waals surface area contributed by atoms with Gasteiger partial charge in [0, 0.05) is 11.3 Å². The van der Waals surface area contributed by atoms with Crippen LogP contribution in [-0.4, -0.2) is 0 Å². The first kappa shape index (κ1) is 21.8. The number of hydrogen-bond acceptors (Lipinski definition) is 1. The van der Waals surface area contributed by atoms with Crippen LogP contribution in [0.4, 0.5) is 0 Å². The summed E-state index contributed by atoms with van der Waals surface area (Å²) < 4.78 is 6.28. The lowest BCUT2D eigenvalue weighted by Crippen LogP contribution is -2.48. The van der Waals surface area contributed by atoms with Crippen LogP contribution in [0.1, 0.15) is 79.1 Å². The third-order valence-electron chi connectivity index (χ3n) is 8.99. The van der Waals surface area contributed by atoms with Crippen molar-refractivity contribution in [2.45, 2.75) is 79.1 Å². The van der Waals surface area contributed by atoms with E-state index in [9.17, 15) is 0 Å². The lowest BCUT2D eigenvalue weighted by Gasteiger charge is -2.55. The Labute approximate surface area is 185 Å². The third-order valence-corrected chi connectivity index (χ3v) is 8.99. The molecule has 0 heterocycles. The van der Waals surface area contributed by atoms with E-state index in [-0.39, 0.29) is 5.41 Å². The van der Waals surface area contributed by atoms with Crippen LogP contribution < -0.4 is 0 Å². The fourth-order valence-corrected chi connectivity index (χ4v) is 7.43. The van der Waals surface area contributed by atoms with Gasteiger partial charge in [-0.15, -0.1) is 5.73 Å². The van der Waals surface area contributed by atoms with E-state index in [1.165, 1.54) is 57.1 Å². The van der Waals surface area contributed by atoms with Gasteiger partial charge in [0.15, 0.2) is 0 Å². The highest BCUT2D eigenvalue weighted by Gasteiger charge is 2.55. The molecule has 0 saturated heterocycles. The molecule has 0 N–H and O–H groups in total. The van der Waals surface area contributed by atoms with E-state index >= 15 is 0 Å². The predicted molar refractivity (Wildman–Crippen MR) is 127 cm³/mol. The summed E-state index contributed by atoms with van der Waals surface area (Å²) >= 11 is 0. The van der Waals surface area contributed by atoms with Gasteiger partial charge in [-0.2, -0.15) is 0 Å². The van der Waals surface area contributed by atoms with Crippen LogP contribution in [0.2, 0.25) is 0 Å². The van der Waals surface area contributed by atoms with Gasteiger partial charge < -0.3 is 4.74 Å². The zero-order valence-corrected chi connectivity index (χ0v) is 19.7. The molecule has 4 rings (SSSR count). The minimum Gasteiger partial charge on any atom is -0.469 e. The van der Waals surface area contributed by atoms with Crippen molar-refractivity contribution >= 4 is 0 Å². The maximum atomic E-state index is 6.28. The van der Waals surface area contributed by atoms with Gasteiger partial charge in [0.2, 0.25) is 0 Å². The Hall–Kier alpha value is -1.46. The first-order valence-corrected chi connectivity index (χ1v) is 12.5. The highest BCUT2D eigenvalue weighted by Crippen LogP contribution is 2.63. The smallest absolute Gasteiger partial charge is 0.105 e. The molecule has 0 aliphatic heterocycles. The van der Waals surface area contributed by atoms with Gasteiger partial charge in [-0.1, -0.05) is 39.3 Å². The first-order valence-electron chi connectivity index (χ1n) is 12.5. The second-order valence-corrected chi connectivity index (χ2v) is 11.2. The molecule has 0 bridgehead atoms. The Balaban J connectivity index is 1.38. The molecule has 0 amide bonds. The number of fused-ring (bicyclic) bond motifs is 5. The van der Waals surface area contributed by atoms with Crippen molar-refractivity contribution in [2.75, 3.05) is 0 Å². The topological polar surface area (TPSA) is 9.23 Å². The van der Waals surface area contributed by atoms with Gasteiger partial charge in [0.05, 0.1) is 6.26 Å². The van der Waals surface area contributed by atoms with Crippen LogP contribution >= 0.6 is 0 Å². The fourth-order valence-electron chi connectivity index (χ4n) is 7.43. The quantitative estimate of drug-likeness (QED) is 0.254. The Morgan fingerprint density at radius 1 is 1.20 bits per heavy atom. The molecule has 4 aliphatic rings. The van der Waals surface area contributed by atoms with Gasteiger partial charge in [0.1, 0.15) is 5.76 Å². The largest absolute Gasteiger partial charge is 0.469 e. The lowest BCUT2D eigenvalue weighted by molar-refractivity contribution is -0.0584. The maximum Gasteiger partial charge on any atom is 0.105 e. The highest BCUT2D eigenvalue weighted by molar-refractivity contribution is 5.21. The van der Waals surface area contributed by atoms with Crippen LogP contribution in [-0.2, 0) is 4.74 Å². The predicted octanol–water partition coefficient (Wildman–Crippen LogP) is 8.22. The number of rotatable bonds is 5. The summed E-state index contributed by atoms with van der Waals surface area (Å²) in [5.74, 6) is 7.29. The monoisotopic (exact) mass is 406 g/mol. The van der Waals surface area contributed by atoms with Gasteiger partial charge in [-0.05, 0) is 112 Å². The van der Waals surface area contributed by atoms with Crippen LogP contribution in [0.5, 0.6) is 0 Å². The number of ether oxygens (including phenoxy) is 1. The molecule has 1 nitrogen and oxygen atoms in total. The fraction of sp³-hybridized carbons (Fsp3) is 0.690. The van der Waals surface area contributed by atoms with Crippen molar-refractivity contribution in [3.63, 3.8) is 0 Å². The molecule has 8 atom stereocenters. The molecule has 4 aliphatic carbocycles. The zero-order valence-electron chi connectivity index (χ0n) is 19.7. The highest BCUT2D eigenvalue weighted by atomic mass is 16.5. The Morgan fingerprint density at radius 3 is 2.80 bits per heavy atom. The summed E-state index contributed by atoms with van der Waals surface area (Å²) in [4.78, 5) is 0. The Morgan fingerprint density at radius 2 is 2.00 bits per heavy atom. The van der Waals surface area contributed by atoms with Crippen molar-refractivity contribution < 1.29 is 4.74 Å². The van der Waals surface area contributed by atoms with Crippen LogP contribution in [0, 0.1) is 46.8 Å². The average Bonchev–Trinajstić information content (AvgIpc) is 3.04. The molecule has 8 unspecified atom stereocenters. The van der Waals surface area contributed by atoms with E-state index in [0.717, 1.165) is 41.1 Å². The van der Waals surface area contributed by atoms with Gasteiger partial charge >= 0.3 is 0 Å². The lowest BCUT2D eigenvalue weighted by atomic mass is 9.50. The van der Waals surface area contributed by atoms with Crippen molar-refractivity contribution in [1.82, 2.24) is 0 Å². The van der Waals surface area contributed by atoms with Crippen molar-refractivity contribution in [2.24, 2.45) is 46.8 Å². The minimum absolute atomic E-state index is 0.249. The van der Waals surface area contributed by atoms with E-state index in [1.807, 2.05) is 19.3 Å². The molecule has 30 heavy (non-hydrogen) atoms. The standard InChI is InChI=1S/C29H42O/c1-20(2)7-6-8-21(3)16-18-30-28-14-13-27-26-12-10-23-19-22(4)9-11-24(23)25(26)15-17-29(27,28)5/h7-8,14,16,18,21-27H,1,9-13,15,17,19H2,2-5H3. The Kier molecular flexibility index (Phi) is 6.50. The summed E-state index contributed by atoms with van der Waals surface area (Å²) in [6, 6.07) is 0. The minimum atomic E-state index is 0.249. The van der Waals surface area contributed by atoms with Gasteiger partial charge in [-0.25, -0.2) is 0 Å². The molecule has 0 radical (unpaired) electrons. The second kappa shape index (κ2) is 8.96. The molecule has 3 saturated carbocycles. The molecule has 164 valence electrons. The van der Waals surface area contributed by atoms with E-state index < -0.39 is 0 Å². The van der Waals surface area contributed by atoms with Gasteiger partial charge in [-0.3, -0.25) is 0 Å². The summed E-state index contributed by atoms with van der Waals surface area (Å²) in [5, 5.41) is 0. The normalized spacial score (nSPS) is 41.0. The summed E-state index contributed by atoms with van der Waals surface area (Å²) in [5.41, 5.74) is 4.48. The van der Waals surface area contributed by atoms with Crippen molar-refractivity contribution in [3.05, 3.63) is 54.2 Å². The third kappa shape index (κ3) is 4.29. The second-order valence-electron chi connectivity index (χ2n) is 11.2. The molecular weight excluding hydrogens is 364 g/mol. The summed E-state index contributed by atoms with van der Waals surface area (Å²) in [6.45, 7) is 13.0. The first-order chi connectivity index (χ1) is 14.4. The van der Waals surface area contributed by atoms with E-state index in [4.69, 9.17) is 4.74 Å². The Bertz CT molecular complexity index is 763. The molecule has 3 fully saturated rings. The van der Waals surface area contributed by atoms with E-state index in [2.05, 4.69) is 51.3 Å². The van der Waals surface area contributed by atoms with Crippen LogP contribution in [0.25, 0.3) is 0 Å². The summed E-state index contributed by atoms with van der Waals surface area (Å²) in [7, 11) is 0. The molecular formula is C29H42O. The van der Waals surface area contributed by atoms with Crippen molar-refractivity contribution in [1.29, 1.82) is 0 Å². The molecule has 1 heteroatoms. The van der Waals surface area contributed by atoms with Crippen LogP contribution in [0.3, 0.4) is 0 Å². The summed E-state index contributed by atoms with van der Waals surface area (Å²) in [6.07, 6.45) is 21.9. The number of hydrogen-bond donors (Lipinski definition) is 0. The zero-order chi connectivity index (χ0) is 21.3. The molecule has 0 spiro atoms.